The van der Waals surface area contributed by atoms with E-state index in [0.717, 1.165) is 12.1 Å². The highest BCUT2D eigenvalue weighted by molar-refractivity contribution is 7.89. The first-order chi connectivity index (χ1) is 11.9. The van der Waals surface area contributed by atoms with E-state index in [9.17, 15) is 13.2 Å². The van der Waals surface area contributed by atoms with Gasteiger partial charge < -0.3 is 10.5 Å². The van der Waals surface area contributed by atoms with Gasteiger partial charge in [0.05, 0.1) is 23.8 Å². The average molecular weight is 364 g/mol. The van der Waals surface area contributed by atoms with E-state index in [4.69, 9.17) is 10.5 Å². The third kappa shape index (κ3) is 3.58. The third-order valence-corrected chi connectivity index (χ3v) is 6.00. The number of amides is 1. The highest BCUT2D eigenvalue weighted by Crippen LogP contribution is 2.26. The molecule has 0 aliphatic carbocycles. The molecule has 0 radical (unpaired) electrons. The van der Waals surface area contributed by atoms with Crippen molar-refractivity contribution in [2.24, 2.45) is 5.73 Å². The maximum atomic E-state index is 12.9. The fourth-order valence-corrected chi connectivity index (χ4v) is 4.19. The molecule has 1 atom stereocenters. The van der Waals surface area contributed by atoms with Crippen molar-refractivity contribution < 1.29 is 17.9 Å². The van der Waals surface area contributed by atoms with Crippen molar-refractivity contribution in [1.29, 1.82) is 0 Å². The Morgan fingerprint density at radius 2 is 2.24 bits per heavy atom. The number of primary amides is 1. The molecule has 1 fully saturated rings. The molecule has 25 heavy (non-hydrogen) atoms. The molecule has 1 aromatic heterocycles. The smallest absolute Gasteiger partial charge is 0.248 e. The molecule has 0 saturated carbocycles. The van der Waals surface area contributed by atoms with Crippen LogP contribution in [0.1, 0.15) is 28.9 Å². The van der Waals surface area contributed by atoms with Crippen molar-refractivity contribution in [1.82, 2.24) is 14.1 Å². The summed E-state index contributed by atoms with van der Waals surface area (Å²) in [6.45, 7) is 3.44. The number of ether oxygens (including phenoxy) is 1. The molecule has 0 spiro atoms. The summed E-state index contributed by atoms with van der Waals surface area (Å²) in [6, 6.07) is 5.76. The Morgan fingerprint density at radius 3 is 2.92 bits per heavy atom. The van der Waals surface area contributed by atoms with Gasteiger partial charge in [-0.1, -0.05) is 6.07 Å². The fraction of sp³-hybridized carbons (Fsp3) is 0.375. The van der Waals surface area contributed by atoms with E-state index in [1.165, 1.54) is 28.6 Å². The lowest BCUT2D eigenvalue weighted by Gasteiger charge is -2.31. The largest absolute Gasteiger partial charge is 0.371 e. The quantitative estimate of drug-likeness (QED) is 0.843. The number of hydrogen-bond donors (Lipinski definition) is 1. The van der Waals surface area contributed by atoms with Crippen molar-refractivity contribution >= 4 is 15.9 Å². The second-order valence-electron chi connectivity index (χ2n) is 5.74. The zero-order valence-electron chi connectivity index (χ0n) is 13.8. The van der Waals surface area contributed by atoms with Crippen LogP contribution >= 0.6 is 0 Å². The minimum atomic E-state index is -3.74. The van der Waals surface area contributed by atoms with Crippen LogP contribution in [0.25, 0.3) is 0 Å². The first-order valence-corrected chi connectivity index (χ1v) is 9.40. The second kappa shape index (κ2) is 6.95. The maximum Gasteiger partial charge on any atom is 0.248 e. The summed E-state index contributed by atoms with van der Waals surface area (Å²) in [5.74, 6) is -0.663. The van der Waals surface area contributed by atoms with E-state index < -0.39 is 15.9 Å². The van der Waals surface area contributed by atoms with Crippen LogP contribution in [0.4, 0.5) is 0 Å². The Balaban J connectivity index is 1.84. The van der Waals surface area contributed by atoms with E-state index >= 15 is 0 Å². The molecule has 2 N–H and O–H groups in total. The lowest BCUT2D eigenvalue weighted by molar-refractivity contribution is -0.00260. The molecule has 0 unspecified atom stereocenters. The number of aryl methyl sites for hydroxylation is 1. The number of aromatic nitrogens is 2. The van der Waals surface area contributed by atoms with Crippen LogP contribution < -0.4 is 5.73 Å². The van der Waals surface area contributed by atoms with Crippen LogP contribution in [0.2, 0.25) is 0 Å². The predicted octanol–water partition coefficient (Wildman–Crippen LogP) is 0.764. The summed E-state index contributed by atoms with van der Waals surface area (Å²) in [7, 11) is -3.74. The summed E-state index contributed by atoms with van der Waals surface area (Å²) >= 11 is 0. The summed E-state index contributed by atoms with van der Waals surface area (Å²) < 4.78 is 34.6. The molecule has 134 valence electrons. The number of hydrogen-bond acceptors (Lipinski definition) is 5. The van der Waals surface area contributed by atoms with Crippen molar-refractivity contribution in [3.05, 3.63) is 47.8 Å². The van der Waals surface area contributed by atoms with Crippen molar-refractivity contribution in [2.45, 2.75) is 24.5 Å². The molecule has 1 aromatic carbocycles. The Kier molecular flexibility index (Phi) is 4.89. The van der Waals surface area contributed by atoms with Gasteiger partial charge in [0.15, 0.2) is 0 Å². The number of sulfonamides is 1. The third-order valence-electron chi connectivity index (χ3n) is 4.13. The average Bonchev–Trinajstić information content (AvgIpc) is 3.11. The minimum absolute atomic E-state index is 0.0497. The second-order valence-corrected chi connectivity index (χ2v) is 7.68. The van der Waals surface area contributed by atoms with Crippen LogP contribution in [0.15, 0.2) is 41.6 Å². The molecular formula is C16H20N4O4S. The summed E-state index contributed by atoms with van der Waals surface area (Å²) in [5.41, 5.74) is 6.24. The van der Waals surface area contributed by atoms with E-state index in [2.05, 4.69) is 5.10 Å². The van der Waals surface area contributed by atoms with Crippen LogP contribution in [0, 0.1) is 0 Å². The van der Waals surface area contributed by atoms with Gasteiger partial charge in [0.1, 0.15) is 0 Å². The Morgan fingerprint density at radius 1 is 1.44 bits per heavy atom. The van der Waals surface area contributed by atoms with Crippen LogP contribution in [0.5, 0.6) is 0 Å². The number of carbonyl (C=O) groups excluding carboxylic acids is 1. The molecule has 0 bridgehead atoms. The normalized spacial score (nSPS) is 19.0. The molecule has 9 heteroatoms. The Bertz CT molecular complexity index is 878. The number of nitrogens with two attached hydrogens (primary N) is 1. The zero-order chi connectivity index (χ0) is 18.0. The van der Waals surface area contributed by atoms with Gasteiger partial charge in [0, 0.05) is 37.0 Å². The van der Waals surface area contributed by atoms with Gasteiger partial charge in [-0.05, 0) is 25.1 Å². The fourth-order valence-electron chi connectivity index (χ4n) is 2.72. The lowest BCUT2D eigenvalue weighted by Crippen LogP contribution is -2.42. The van der Waals surface area contributed by atoms with Crippen LogP contribution in [0.3, 0.4) is 0 Å². The monoisotopic (exact) mass is 364 g/mol. The van der Waals surface area contributed by atoms with Crippen molar-refractivity contribution in [2.75, 3.05) is 19.7 Å². The van der Waals surface area contributed by atoms with E-state index in [1.807, 2.05) is 13.1 Å². The molecule has 1 aliphatic heterocycles. The number of carbonyl (C=O) groups is 1. The van der Waals surface area contributed by atoms with Crippen molar-refractivity contribution in [3.63, 3.8) is 0 Å². The summed E-state index contributed by atoms with van der Waals surface area (Å²) in [6.07, 6.45) is 3.18. The van der Waals surface area contributed by atoms with Crippen LogP contribution in [-0.2, 0) is 21.3 Å². The summed E-state index contributed by atoms with van der Waals surface area (Å²) in [4.78, 5) is 11.4. The standard InChI is InChI=1S/C16H20N4O4S/c1-2-19-10-13(9-18-19)15-11-20(6-7-24-15)25(22,23)14-5-3-4-12(8-14)16(17)21/h3-5,8-10,15H,2,6-7,11H2,1H3,(H2,17,21)/t15-/m0/s1. The van der Waals surface area contributed by atoms with Gasteiger partial charge in [-0.25, -0.2) is 8.42 Å². The van der Waals surface area contributed by atoms with Gasteiger partial charge in [0.2, 0.25) is 15.9 Å². The lowest BCUT2D eigenvalue weighted by atomic mass is 10.2. The molecule has 1 saturated heterocycles. The number of rotatable bonds is 5. The number of morpholine rings is 1. The van der Waals surface area contributed by atoms with Crippen LogP contribution in [-0.4, -0.2) is 48.1 Å². The summed E-state index contributed by atoms with van der Waals surface area (Å²) in [5, 5.41) is 4.20. The van der Waals surface area contributed by atoms with Gasteiger partial charge >= 0.3 is 0 Å². The van der Waals surface area contributed by atoms with Gasteiger partial charge in [0.25, 0.3) is 0 Å². The molecule has 2 aromatic rings. The topological polar surface area (TPSA) is 108 Å². The maximum absolute atomic E-state index is 12.9. The highest BCUT2D eigenvalue weighted by atomic mass is 32.2. The molecule has 2 heterocycles. The molecule has 1 aliphatic rings. The highest BCUT2D eigenvalue weighted by Gasteiger charge is 2.32. The van der Waals surface area contributed by atoms with E-state index in [-0.39, 0.29) is 36.3 Å². The first kappa shape index (κ1) is 17.6. The van der Waals surface area contributed by atoms with Gasteiger partial charge in [-0.2, -0.15) is 9.40 Å². The minimum Gasteiger partial charge on any atom is -0.371 e. The van der Waals surface area contributed by atoms with Gasteiger partial charge in [-0.15, -0.1) is 0 Å². The predicted molar refractivity (Wildman–Crippen MR) is 90.3 cm³/mol. The zero-order valence-corrected chi connectivity index (χ0v) is 14.6. The molecular weight excluding hydrogens is 344 g/mol. The first-order valence-electron chi connectivity index (χ1n) is 7.96. The molecule has 8 nitrogen and oxygen atoms in total. The SMILES string of the molecule is CCn1cc([C@@H]2CN(S(=O)(=O)c3cccc(C(N)=O)c3)CCO2)cn1. The van der Waals surface area contributed by atoms with E-state index in [1.54, 1.807) is 10.9 Å². The Hall–Kier alpha value is -2.23. The molecule has 3 rings (SSSR count). The van der Waals surface area contributed by atoms with Crippen molar-refractivity contribution in [3.8, 4) is 0 Å². The molecule has 1 amide bonds. The van der Waals surface area contributed by atoms with Gasteiger partial charge in [-0.3, -0.25) is 9.48 Å². The Labute approximate surface area is 146 Å². The number of nitrogens with zero attached hydrogens (tertiary/aromatic N) is 3. The van der Waals surface area contributed by atoms with E-state index in [0.29, 0.717) is 0 Å². The number of benzene rings is 1.